The zero-order chi connectivity index (χ0) is 7.23. The number of allylic oxidation sites excluding steroid dienone is 3. The van der Waals surface area contributed by atoms with E-state index in [1.54, 1.807) is 12.3 Å². The van der Waals surface area contributed by atoms with Crippen LogP contribution in [0.1, 0.15) is 6.42 Å². The number of aliphatic imine (C=N–C) groups is 1. The molecular weight excluding hydrogens is 122 g/mol. The number of nitrogens with zero attached hydrogens (tertiary/aromatic N) is 1. The van der Waals surface area contributed by atoms with E-state index in [4.69, 9.17) is 0 Å². The minimum Gasteiger partial charge on any atom is -0.268 e. The molecular formula is C9H9N. The lowest BCUT2D eigenvalue weighted by Gasteiger charge is -1.88. The highest BCUT2D eigenvalue weighted by molar-refractivity contribution is 5.61. The highest BCUT2D eigenvalue weighted by Crippen LogP contribution is 1.98. The van der Waals surface area contributed by atoms with Crippen LogP contribution in [0.5, 0.6) is 0 Å². The molecule has 0 radical (unpaired) electrons. The van der Waals surface area contributed by atoms with E-state index >= 15 is 0 Å². The normalized spacial score (nSPS) is 15.8. The molecule has 10 heavy (non-hydrogen) atoms. The molecule has 0 atom stereocenters. The van der Waals surface area contributed by atoms with Gasteiger partial charge in [0.1, 0.15) is 0 Å². The van der Waals surface area contributed by atoms with Crippen LogP contribution in [-0.4, -0.2) is 6.21 Å². The van der Waals surface area contributed by atoms with Crippen molar-refractivity contribution in [3.05, 3.63) is 42.3 Å². The summed E-state index contributed by atoms with van der Waals surface area (Å²) < 4.78 is 0. The second kappa shape index (κ2) is 3.65. The average molecular weight is 131 g/mol. The van der Waals surface area contributed by atoms with Crippen molar-refractivity contribution in [3.8, 4) is 0 Å². The Morgan fingerprint density at radius 1 is 1.70 bits per heavy atom. The summed E-state index contributed by atoms with van der Waals surface area (Å²) in [6, 6.07) is 0. The molecule has 0 aromatic heterocycles. The molecule has 0 fully saturated rings. The molecule has 1 rings (SSSR count). The quantitative estimate of drug-likeness (QED) is 0.484. The monoisotopic (exact) mass is 131 g/mol. The van der Waals surface area contributed by atoms with E-state index in [0.717, 1.165) is 12.0 Å². The molecule has 0 aromatic carbocycles. The fourth-order valence-electron chi connectivity index (χ4n) is 0.624. The first-order chi connectivity index (χ1) is 4.93. The molecule has 0 aliphatic carbocycles. The lowest BCUT2D eigenvalue weighted by Crippen LogP contribution is -1.73. The van der Waals surface area contributed by atoms with E-state index in [1.165, 1.54) is 0 Å². The van der Waals surface area contributed by atoms with Crippen molar-refractivity contribution in [2.24, 2.45) is 4.99 Å². The summed E-state index contributed by atoms with van der Waals surface area (Å²) in [5.41, 5.74) is 4.00. The second-order valence-corrected chi connectivity index (χ2v) is 1.92. The van der Waals surface area contributed by atoms with Gasteiger partial charge in [0.2, 0.25) is 0 Å². The SMILES string of the molecule is C=CC1=CN=CCC=C=C1. The molecule has 0 bridgehead atoms. The Bertz CT molecular complexity index is 237. The third kappa shape index (κ3) is 1.88. The van der Waals surface area contributed by atoms with Gasteiger partial charge in [0.25, 0.3) is 0 Å². The maximum Gasteiger partial charge on any atom is 0.0342 e. The summed E-state index contributed by atoms with van der Waals surface area (Å²) in [6.45, 7) is 3.63. The Hall–Kier alpha value is -1.33. The molecule has 50 valence electrons. The van der Waals surface area contributed by atoms with Crippen molar-refractivity contribution in [3.63, 3.8) is 0 Å². The minimum absolute atomic E-state index is 0.859. The summed E-state index contributed by atoms with van der Waals surface area (Å²) in [5, 5.41) is 0. The fraction of sp³-hybridized carbons (Fsp3) is 0.111. The average Bonchev–Trinajstić information content (AvgIpc) is 1.87. The number of hydrogen-bond donors (Lipinski definition) is 0. The van der Waals surface area contributed by atoms with Crippen LogP contribution in [0.2, 0.25) is 0 Å². The van der Waals surface area contributed by atoms with Crippen LogP contribution in [0.15, 0.2) is 47.3 Å². The van der Waals surface area contributed by atoms with Gasteiger partial charge < -0.3 is 0 Å². The number of rotatable bonds is 1. The molecule has 0 aromatic rings. The molecule has 0 amide bonds. The van der Waals surface area contributed by atoms with Gasteiger partial charge in [0.05, 0.1) is 0 Å². The second-order valence-electron chi connectivity index (χ2n) is 1.92. The lowest BCUT2D eigenvalue weighted by atomic mass is 10.2. The van der Waals surface area contributed by atoms with Crippen LogP contribution < -0.4 is 0 Å². The smallest absolute Gasteiger partial charge is 0.0342 e. The zero-order valence-electron chi connectivity index (χ0n) is 5.75. The van der Waals surface area contributed by atoms with Crippen molar-refractivity contribution in [2.75, 3.05) is 0 Å². The molecule has 1 aliphatic rings. The van der Waals surface area contributed by atoms with Crippen LogP contribution in [0, 0.1) is 0 Å². The zero-order valence-corrected chi connectivity index (χ0v) is 5.75. The van der Waals surface area contributed by atoms with Crippen LogP contribution in [0.4, 0.5) is 0 Å². The first-order valence-electron chi connectivity index (χ1n) is 3.18. The third-order valence-corrected chi connectivity index (χ3v) is 1.16. The van der Waals surface area contributed by atoms with Crippen molar-refractivity contribution >= 4 is 6.21 Å². The predicted molar refractivity (Wildman–Crippen MR) is 44.0 cm³/mol. The number of hydrogen-bond acceptors (Lipinski definition) is 1. The van der Waals surface area contributed by atoms with Crippen LogP contribution >= 0.6 is 0 Å². The highest BCUT2D eigenvalue weighted by atomic mass is 14.7. The van der Waals surface area contributed by atoms with Crippen molar-refractivity contribution < 1.29 is 0 Å². The Morgan fingerprint density at radius 2 is 2.60 bits per heavy atom. The first kappa shape index (κ1) is 6.79. The summed E-state index contributed by atoms with van der Waals surface area (Å²) in [6.07, 6.45) is 10.0. The highest BCUT2D eigenvalue weighted by Gasteiger charge is 1.81. The molecule has 0 saturated carbocycles. The van der Waals surface area contributed by atoms with Crippen LogP contribution in [-0.2, 0) is 0 Å². The van der Waals surface area contributed by atoms with E-state index in [9.17, 15) is 0 Å². The summed E-state index contributed by atoms with van der Waals surface area (Å²) in [4.78, 5) is 4.02. The molecule has 1 heteroatoms. The van der Waals surface area contributed by atoms with Gasteiger partial charge >= 0.3 is 0 Å². The van der Waals surface area contributed by atoms with E-state index < -0.39 is 0 Å². The predicted octanol–water partition coefficient (Wildman–Crippen LogP) is 2.24. The maximum atomic E-state index is 4.02. The summed E-state index contributed by atoms with van der Waals surface area (Å²) in [5.74, 6) is 0. The van der Waals surface area contributed by atoms with Crippen molar-refractivity contribution in [1.82, 2.24) is 0 Å². The van der Waals surface area contributed by atoms with Gasteiger partial charge in [-0.25, -0.2) is 0 Å². The molecule has 1 nitrogen and oxygen atoms in total. The van der Waals surface area contributed by atoms with E-state index in [2.05, 4.69) is 17.3 Å². The Balaban J connectivity index is 2.88. The van der Waals surface area contributed by atoms with Gasteiger partial charge in [-0.3, -0.25) is 4.99 Å². The summed E-state index contributed by atoms with van der Waals surface area (Å²) >= 11 is 0. The van der Waals surface area contributed by atoms with Crippen molar-refractivity contribution in [1.29, 1.82) is 0 Å². The maximum absolute atomic E-state index is 4.02. The van der Waals surface area contributed by atoms with E-state index in [1.807, 2.05) is 18.4 Å². The van der Waals surface area contributed by atoms with Gasteiger partial charge in [-0.1, -0.05) is 12.7 Å². The van der Waals surface area contributed by atoms with Gasteiger partial charge in [-0.2, -0.15) is 0 Å². The lowest BCUT2D eigenvalue weighted by molar-refractivity contribution is 1.43. The van der Waals surface area contributed by atoms with Gasteiger partial charge in [-0.05, 0) is 17.7 Å². The standard InChI is InChI=1S/C9H9N/c1-2-9-6-4-3-5-7-10-8-9/h2-3,6-8H,1,5H2. The molecule has 1 heterocycles. The van der Waals surface area contributed by atoms with Gasteiger partial charge in [-0.15, -0.1) is 5.73 Å². The molecule has 0 N–H and O–H groups in total. The summed E-state index contributed by atoms with van der Waals surface area (Å²) in [7, 11) is 0. The third-order valence-electron chi connectivity index (χ3n) is 1.16. The Morgan fingerprint density at radius 3 is 3.40 bits per heavy atom. The van der Waals surface area contributed by atoms with Gasteiger partial charge in [0.15, 0.2) is 0 Å². The van der Waals surface area contributed by atoms with Crippen LogP contribution in [0.3, 0.4) is 0 Å². The molecule has 0 spiro atoms. The van der Waals surface area contributed by atoms with E-state index in [0.29, 0.717) is 0 Å². The Kier molecular flexibility index (Phi) is 2.48. The first-order valence-corrected chi connectivity index (χ1v) is 3.18. The fourth-order valence-corrected chi connectivity index (χ4v) is 0.624. The van der Waals surface area contributed by atoms with Crippen LogP contribution in [0.25, 0.3) is 0 Å². The molecule has 0 unspecified atom stereocenters. The molecule has 0 saturated heterocycles. The Labute approximate surface area is 60.8 Å². The largest absolute Gasteiger partial charge is 0.268 e. The topological polar surface area (TPSA) is 12.4 Å². The van der Waals surface area contributed by atoms with E-state index in [-0.39, 0.29) is 0 Å². The van der Waals surface area contributed by atoms with Gasteiger partial charge in [0, 0.05) is 18.8 Å². The van der Waals surface area contributed by atoms with Crippen molar-refractivity contribution in [2.45, 2.75) is 6.42 Å². The molecule has 1 aliphatic heterocycles. The minimum atomic E-state index is 0.859.